The molecule has 4 heteroatoms. The Morgan fingerprint density at radius 2 is 1.89 bits per heavy atom. The summed E-state index contributed by atoms with van der Waals surface area (Å²) in [6.45, 7) is 0. The van der Waals surface area contributed by atoms with Crippen molar-refractivity contribution in [2.75, 3.05) is 0 Å². The maximum Gasteiger partial charge on any atom is 0.276 e. The molecule has 2 aromatic carbocycles. The van der Waals surface area contributed by atoms with Crippen molar-refractivity contribution in [2.24, 2.45) is 7.05 Å². The molecule has 19 heavy (non-hydrogen) atoms. The van der Waals surface area contributed by atoms with Crippen molar-refractivity contribution in [1.82, 2.24) is 14.5 Å². The molecule has 4 aromatic rings. The Labute approximate surface area is 108 Å². The number of hydrogen-bond acceptors (Lipinski definition) is 2. The van der Waals surface area contributed by atoms with Crippen LogP contribution in [0.15, 0.2) is 47.5 Å². The topological polar surface area (TPSA) is 50.7 Å². The lowest BCUT2D eigenvalue weighted by molar-refractivity contribution is 0.951. The number of nitrogens with zero attached hydrogens (tertiary/aromatic N) is 2. The third kappa shape index (κ3) is 1.34. The first-order valence-electron chi connectivity index (χ1n) is 6.10. The van der Waals surface area contributed by atoms with Gasteiger partial charge in [0, 0.05) is 12.4 Å². The summed E-state index contributed by atoms with van der Waals surface area (Å²) in [6, 6.07) is 12.2. The molecule has 0 amide bonds. The number of H-pyrrole nitrogens is 1. The number of fused-ring (bicyclic) bond motifs is 4. The van der Waals surface area contributed by atoms with Gasteiger partial charge in [-0.15, -0.1) is 0 Å². The second-order valence-corrected chi connectivity index (χ2v) is 4.75. The largest absolute Gasteiger partial charge is 0.333 e. The first-order valence-corrected chi connectivity index (χ1v) is 6.10. The fraction of sp³-hybridized carbons (Fsp3) is 0.0667. The van der Waals surface area contributed by atoms with E-state index in [1.54, 1.807) is 6.33 Å². The van der Waals surface area contributed by atoms with Crippen LogP contribution in [0.2, 0.25) is 0 Å². The summed E-state index contributed by atoms with van der Waals surface area (Å²) in [4.78, 5) is 19.1. The number of aromatic amines is 1. The van der Waals surface area contributed by atoms with Crippen molar-refractivity contribution in [3.05, 3.63) is 53.1 Å². The Balaban J connectivity index is 2.35. The molecule has 0 unspecified atom stereocenters. The fourth-order valence-electron chi connectivity index (χ4n) is 2.64. The molecule has 0 aliphatic heterocycles. The van der Waals surface area contributed by atoms with E-state index in [9.17, 15) is 4.79 Å². The number of rotatable bonds is 0. The van der Waals surface area contributed by atoms with Gasteiger partial charge in [-0.05, 0) is 22.9 Å². The monoisotopic (exact) mass is 249 g/mol. The Hall–Kier alpha value is -2.62. The van der Waals surface area contributed by atoms with E-state index in [0.29, 0.717) is 5.52 Å². The van der Waals surface area contributed by atoms with Gasteiger partial charge in [-0.2, -0.15) is 0 Å². The standard InChI is InChI=1S/C15H11N3O/c1-18-8-16-13-14(18)11-6-9-4-2-3-5-10(9)7-12(11)17-15(13)19/h2-8H,1H3,(H,17,19). The molecule has 2 heterocycles. The number of nitrogens with one attached hydrogen (secondary N) is 1. The molecule has 0 atom stereocenters. The van der Waals surface area contributed by atoms with Crippen molar-refractivity contribution in [3.8, 4) is 0 Å². The van der Waals surface area contributed by atoms with Gasteiger partial charge in [0.2, 0.25) is 0 Å². The third-order valence-corrected chi connectivity index (χ3v) is 3.54. The average molecular weight is 249 g/mol. The zero-order chi connectivity index (χ0) is 13.0. The van der Waals surface area contributed by atoms with Crippen LogP contribution < -0.4 is 5.56 Å². The van der Waals surface area contributed by atoms with Crippen molar-refractivity contribution in [1.29, 1.82) is 0 Å². The third-order valence-electron chi connectivity index (χ3n) is 3.54. The highest BCUT2D eigenvalue weighted by Gasteiger charge is 2.10. The van der Waals surface area contributed by atoms with Gasteiger partial charge in [0.05, 0.1) is 17.4 Å². The molecule has 4 rings (SSSR count). The highest BCUT2D eigenvalue weighted by atomic mass is 16.1. The second kappa shape index (κ2) is 3.45. The molecule has 0 saturated heterocycles. The van der Waals surface area contributed by atoms with E-state index in [-0.39, 0.29) is 5.56 Å². The molecule has 1 N–H and O–H groups in total. The molecule has 4 nitrogen and oxygen atoms in total. The van der Waals surface area contributed by atoms with Crippen molar-refractivity contribution in [3.63, 3.8) is 0 Å². The summed E-state index contributed by atoms with van der Waals surface area (Å²) in [5, 5.41) is 3.30. The van der Waals surface area contributed by atoms with E-state index < -0.39 is 0 Å². The van der Waals surface area contributed by atoms with Crippen LogP contribution in [0.3, 0.4) is 0 Å². The number of imidazole rings is 1. The first kappa shape index (κ1) is 10.3. The zero-order valence-corrected chi connectivity index (χ0v) is 10.3. The van der Waals surface area contributed by atoms with Crippen molar-refractivity contribution in [2.45, 2.75) is 0 Å². The predicted octanol–water partition coefficient (Wildman–Crippen LogP) is 2.57. The highest BCUT2D eigenvalue weighted by Crippen LogP contribution is 2.25. The SMILES string of the molecule is Cn1cnc2c(=O)[nH]c3cc4ccccc4cc3c21. The molecule has 92 valence electrons. The van der Waals surface area contributed by atoms with E-state index >= 15 is 0 Å². The summed E-state index contributed by atoms with van der Waals surface area (Å²) in [5.41, 5.74) is 2.08. The molecule has 0 radical (unpaired) electrons. The number of pyridine rings is 1. The van der Waals surface area contributed by atoms with Crippen molar-refractivity contribution < 1.29 is 0 Å². The van der Waals surface area contributed by atoms with Gasteiger partial charge in [0.15, 0.2) is 5.52 Å². The molecule has 0 spiro atoms. The fourth-order valence-corrected chi connectivity index (χ4v) is 2.64. The Morgan fingerprint density at radius 1 is 1.16 bits per heavy atom. The summed E-state index contributed by atoms with van der Waals surface area (Å²) in [6.07, 6.45) is 1.68. The molecule has 2 aromatic heterocycles. The maximum absolute atomic E-state index is 12.0. The van der Waals surface area contributed by atoms with Crippen LogP contribution in [0, 0.1) is 0 Å². The molecular formula is C15H11N3O. The van der Waals surface area contributed by atoms with E-state index in [0.717, 1.165) is 27.2 Å². The zero-order valence-electron chi connectivity index (χ0n) is 10.3. The van der Waals surface area contributed by atoms with Crippen molar-refractivity contribution >= 4 is 32.7 Å². The molecule has 0 bridgehead atoms. The van der Waals surface area contributed by atoms with Gasteiger partial charge < -0.3 is 9.55 Å². The average Bonchev–Trinajstić information content (AvgIpc) is 2.80. The molecular weight excluding hydrogens is 238 g/mol. The first-order chi connectivity index (χ1) is 9.24. The minimum Gasteiger partial charge on any atom is -0.333 e. The van der Waals surface area contributed by atoms with Crippen LogP contribution in [0.1, 0.15) is 0 Å². The predicted molar refractivity (Wildman–Crippen MR) is 76.3 cm³/mol. The van der Waals surface area contributed by atoms with Crippen LogP contribution in [0.4, 0.5) is 0 Å². The number of aromatic nitrogens is 3. The Morgan fingerprint density at radius 3 is 2.68 bits per heavy atom. The van der Waals surface area contributed by atoms with Crippen LogP contribution in [-0.4, -0.2) is 14.5 Å². The highest BCUT2D eigenvalue weighted by molar-refractivity contribution is 6.07. The number of hydrogen-bond donors (Lipinski definition) is 1. The second-order valence-electron chi connectivity index (χ2n) is 4.75. The van der Waals surface area contributed by atoms with Gasteiger partial charge in [-0.3, -0.25) is 4.79 Å². The Kier molecular flexibility index (Phi) is 1.87. The van der Waals surface area contributed by atoms with Gasteiger partial charge in [-0.1, -0.05) is 24.3 Å². The molecule has 0 fully saturated rings. The number of aryl methyl sites for hydroxylation is 1. The lowest BCUT2D eigenvalue weighted by Gasteiger charge is -2.04. The molecule has 0 aliphatic rings. The van der Waals surface area contributed by atoms with E-state index in [4.69, 9.17) is 0 Å². The van der Waals surface area contributed by atoms with Crippen LogP contribution >= 0.6 is 0 Å². The van der Waals surface area contributed by atoms with E-state index in [1.807, 2.05) is 35.9 Å². The minimum absolute atomic E-state index is 0.140. The smallest absolute Gasteiger partial charge is 0.276 e. The van der Waals surface area contributed by atoms with E-state index in [2.05, 4.69) is 22.1 Å². The van der Waals surface area contributed by atoms with Crippen LogP contribution in [0.25, 0.3) is 32.7 Å². The maximum atomic E-state index is 12.0. The van der Waals surface area contributed by atoms with Gasteiger partial charge >= 0.3 is 0 Å². The van der Waals surface area contributed by atoms with Gasteiger partial charge in [0.25, 0.3) is 5.56 Å². The summed E-state index contributed by atoms with van der Waals surface area (Å²) in [7, 11) is 1.91. The quantitative estimate of drug-likeness (QED) is 0.487. The van der Waals surface area contributed by atoms with Crippen LogP contribution in [0.5, 0.6) is 0 Å². The van der Waals surface area contributed by atoms with E-state index in [1.165, 1.54) is 0 Å². The van der Waals surface area contributed by atoms with Gasteiger partial charge in [-0.25, -0.2) is 4.98 Å². The lowest BCUT2D eigenvalue weighted by atomic mass is 10.1. The van der Waals surface area contributed by atoms with Gasteiger partial charge in [0.1, 0.15) is 0 Å². The summed E-state index contributed by atoms with van der Waals surface area (Å²) in [5.74, 6) is 0. The molecule has 0 saturated carbocycles. The minimum atomic E-state index is -0.140. The summed E-state index contributed by atoms with van der Waals surface area (Å²) >= 11 is 0. The number of benzene rings is 2. The Bertz CT molecular complexity index is 995. The summed E-state index contributed by atoms with van der Waals surface area (Å²) < 4.78 is 1.89. The lowest BCUT2D eigenvalue weighted by Crippen LogP contribution is -2.07. The normalized spacial score (nSPS) is 11.6. The van der Waals surface area contributed by atoms with Crippen LogP contribution in [-0.2, 0) is 7.05 Å². The molecule has 0 aliphatic carbocycles.